The Morgan fingerprint density at radius 2 is 2.36 bits per heavy atom. The minimum Gasteiger partial charge on any atom is -0.383 e. The van der Waals surface area contributed by atoms with Gasteiger partial charge in [0.1, 0.15) is 5.82 Å². The summed E-state index contributed by atoms with van der Waals surface area (Å²) in [6.45, 7) is 8.03. The second-order valence-corrected chi connectivity index (χ2v) is 3.26. The molecule has 0 aliphatic carbocycles. The Balaban J connectivity index is 3.00. The monoisotopic (exact) mass is 188 g/mol. The molecule has 0 aliphatic rings. The van der Waals surface area contributed by atoms with E-state index in [0.29, 0.717) is 5.82 Å². The number of pyridine rings is 1. The first-order valence-corrected chi connectivity index (χ1v) is 4.67. The van der Waals surface area contributed by atoms with Crippen molar-refractivity contribution in [2.45, 2.75) is 20.3 Å². The highest BCUT2D eigenvalue weighted by molar-refractivity contribution is 5.74. The quantitative estimate of drug-likeness (QED) is 0.741. The predicted molar refractivity (Wildman–Crippen MR) is 61.9 cm³/mol. The van der Waals surface area contributed by atoms with Crippen molar-refractivity contribution in [2.24, 2.45) is 0 Å². The summed E-state index contributed by atoms with van der Waals surface area (Å²) < 4.78 is 0. The maximum Gasteiger partial charge on any atom is 0.131 e. The van der Waals surface area contributed by atoms with Crippen LogP contribution in [-0.4, -0.2) is 4.98 Å². The van der Waals surface area contributed by atoms with Gasteiger partial charge in [-0.15, -0.1) is 0 Å². The average Bonchev–Trinajstić information content (AvgIpc) is 2.14. The van der Waals surface area contributed by atoms with Gasteiger partial charge in [-0.05, 0) is 37.5 Å². The minimum atomic E-state index is 0.569. The van der Waals surface area contributed by atoms with Gasteiger partial charge in [0.25, 0.3) is 0 Å². The molecule has 0 spiro atoms. The molecule has 2 heteroatoms. The zero-order valence-corrected chi connectivity index (χ0v) is 8.75. The first kappa shape index (κ1) is 10.5. The van der Waals surface area contributed by atoms with Gasteiger partial charge < -0.3 is 5.73 Å². The number of allylic oxidation sites excluding steroid dienone is 3. The molecule has 0 unspecified atom stereocenters. The van der Waals surface area contributed by atoms with Crippen LogP contribution in [-0.2, 0) is 0 Å². The molecule has 14 heavy (non-hydrogen) atoms. The summed E-state index contributed by atoms with van der Waals surface area (Å²) >= 11 is 0. The van der Waals surface area contributed by atoms with Crippen LogP contribution >= 0.6 is 0 Å². The highest BCUT2D eigenvalue weighted by Gasteiger charge is 2.06. The summed E-state index contributed by atoms with van der Waals surface area (Å²) in [4.78, 5) is 4.06. The third kappa shape index (κ3) is 2.22. The average molecular weight is 188 g/mol. The summed E-state index contributed by atoms with van der Waals surface area (Å²) in [5.74, 6) is 0.569. The summed E-state index contributed by atoms with van der Waals surface area (Å²) in [6.07, 6.45) is 6.62. The second kappa shape index (κ2) is 4.61. The van der Waals surface area contributed by atoms with E-state index in [1.54, 1.807) is 6.20 Å². The van der Waals surface area contributed by atoms with Gasteiger partial charge >= 0.3 is 0 Å². The van der Waals surface area contributed by atoms with E-state index >= 15 is 0 Å². The van der Waals surface area contributed by atoms with Crippen LogP contribution in [0.5, 0.6) is 0 Å². The SMILES string of the molecule is C=C(CC=CC)c1c(C)ccnc1N. The Labute approximate surface area is 85.2 Å². The number of nitrogens with zero attached hydrogens (tertiary/aromatic N) is 1. The Kier molecular flexibility index (Phi) is 3.46. The highest BCUT2D eigenvalue weighted by Crippen LogP contribution is 2.24. The lowest BCUT2D eigenvalue weighted by Crippen LogP contribution is -1.98. The van der Waals surface area contributed by atoms with Crippen LogP contribution in [0.3, 0.4) is 0 Å². The van der Waals surface area contributed by atoms with Crippen molar-refractivity contribution in [3.63, 3.8) is 0 Å². The Bertz CT molecular complexity index is 344. The Morgan fingerprint density at radius 1 is 1.64 bits per heavy atom. The van der Waals surface area contributed by atoms with Gasteiger partial charge in [0.05, 0.1) is 0 Å². The Hall–Kier alpha value is -1.57. The van der Waals surface area contributed by atoms with Gasteiger partial charge in [0.2, 0.25) is 0 Å². The molecule has 74 valence electrons. The van der Waals surface area contributed by atoms with Crippen molar-refractivity contribution in [1.82, 2.24) is 4.98 Å². The summed E-state index contributed by atoms with van der Waals surface area (Å²) in [7, 11) is 0. The van der Waals surface area contributed by atoms with E-state index < -0.39 is 0 Å². The molecule has 0 saturated heterocycles. The van der Waals surface area contributed by atoms with Crippen molar-refractivity contribution in [1.29, 1.82) is 0 Å². The molecule has 0 radical (unpaired) electrons. The number of hydrogen-bond acceptors (Lipinski definition) is 2. The maximum absolute atomic E-state index is 5.80. The molecule has 2 N–H and O–H groups in total. The van der Waals surface area contributed by atoms with Crippen molar-refractivity contribution < 1.29 is 0 Å². The predicted octanol–water partition coefficient (Wildman–Crippen LogP) is 2.95. The standard InChI is InChI=1S/C12H16N2/c1-4-5-6-9(2)11-10(3)7-8-14-12(11)13/h4-5,7-8H,2,6H2,1,3H3,(H2,13,14). The van der Waals surface area contributed by atoms with E-state index in [1.165, 1.54) is 0 Å². The molecule has 0 bridgehead atoms. The molecule has 2 nitrogen and oxygen atoms in total. The third-order valence-corrected chi connectivity index (χ3v) is 2.14. The lowest BCUT2D eigenvalue weighted by Gasteiger charge is -2.09. The molecule has 0 atom stereocenters. The minimum absolute atomic E-state index is 0.569. The molecular formula is C12H16N2. The number of nitrogen functional groups attached to an aromatic ring is 1. The van der Waals surface area contributed by atoms with Crippen LogP contribution in [0.4, 0.5) is 5.82 Å². The number of hydrogen-bond donors (Lipinski definition) is 1. The van der Waals surface area contributed by atoms with E-state index in [2.05, 4.69) is 17.6 Å². The highest BCUT2D eigenvalue weighted by atomic mass is 14.8. The van der Waals surface area contributed by atoms with Crippen molar-refractivity contribution in [3.05, 3.63) is 42.1 Å². The maximum atomic E-state index is 5.80. The van der Waals surface area contributed by atoms with Gasteiger partial charge in [0.15, 0.2) is 0 Å². The molecule has 0 aliphatic heterocycles. The molecule has 1 aromatic heterocycles. The van der Waals surface area contributed by atoms with Crippen LogP contribution in [0.1, 0.15) is 24.5 Å². The zero-order chi connectivity index (χ0) is 10.6. The van der Waals surface area contributed by atoms with E-state index in [-0.39, 0.29) is 0 Å². The molecule has 1 rings (SSSR count). The van der Waals surface area contributed by atoms with E-state index in [1.807, 2.05) is 26.0 Å². The molecular weight excluding hydrogens is 172 g/mol. The lowest BCUT2D eigenvalue weighted by atomic mass is 10.0. The molecule has 0 amide bonds. The topological polar surface area (TPSA) is 38.9 Å². The fourth-order valence-electron chi connectivity index (χ4n) is 1.40. The van der Waals surface area contributed by atoms with Gasteiger partial charge in [-0.1, -0.05) is 18.7 Å². The molecule has 1 heterocycles. The van der Waals surface area contributed by atoms with Crippen LogP contribution in [0.2, 0.25) is 0 Å². The second-order valence-electron chi connectivity index (χ2n) is 3.26. The number of nitrogens with two attached hydrogens (primary N) is 1. The summed E-state index contributed by atoms with van der Waals surface area (Å²) in [5.41, 5.74) is 8.94. The fraction of sp³-hybridized carbons (Fsp3) is 0.250. The van der Waals surface area contributed by atoms with E-state index in [0.717, 1.165) is 23.1 Å². The Morgan fingerprint density at radius 3 is 2.93 bits per heavy atom. The molecule has 1 aromatic rings. The lowest BCUT2D eigenvalue weighted by molar-refractivity contribution is 1.25. The normalized spacial score (nSPS) is 10.7. The van der Waals surface area contributed by atoms with Crippen LogP contribution < -0.4 is 5.73 Å². The molecule has 0 aromatic carbocycles. The number of anilines is 1. The van der Waals surface area contributed by atoms with Crippen molar-refractivity contribution in [3.8, 4) is 0 Å². The summed E-state index contributed by atoms with van der Waals surface area (Å²) in [6, 6.07) is 1.95. The van der Waals surface area contributed by atoms with Crippen LogP contribution in [0.25, 0.3) is 5.57 Å². The zero-order valence-electron chi connectivity index (χ0n) is 8.75. The number of aromatic nitrogens is 1. The van der Waals surface area contributed by atoms with Gasteiger partial charge in [-0.2, -0.15) is 0 Å². The van der Waals surface area contributed by atoms with Gasteiger partial charge in [0, 0.05) is 11.8 Å². The largest absolute Gasteiger partial charge is 0.383 e. The molecule has 0 fully saturated rings. The van der Waals surface area contributed by atoms with Crippen LogP contribution in [0, 0.1) is 6.92 Å². The molecule has 0 saturated carbocycles. The first-order chi connectivity index (χ1) is 6.66. The van der Waals surface area contributed by atoms with E-state index in [9.17, 15) is 0 Å². The first-order valence-electron chi connectivity index (χ1n) is 4.67. The van der Waals surface area contributed by atoms with Gasteiger partial charge in [-0.25, -0.2) is 4.98 Å². The number of aryl methyl sites for hydroxylation is 1. The number of rotatable bonds is 3. The van der Waals surface area contributed by atoms with Gasteiger partial charge in [-0.3, -0.25) is 0 Å². The third-order valence-electron chi connectivity index (χ3n) is 2.14. The smallest absolute Gasteiger partial charge is 0.131 e. The van der Waals surface area contributed by atoms with Crippen molar-refractivity contribution >= 4 is 11.4 Å². The fourth-order valence-corrected chi connectivity index (χ4v) is 1.40. The van der Waals surface area contributed by atoms with Crippen LogP contribution in [0.15, 0.2) is 31.0 Å². The summed E-state index contributed by atoms with van der Waals surface area (Å²) in [5, 5.41) is 0. The van der Waals surface area contributed by atoms with Crippen molar-refractivity contribution in [2.75, 3.05) is 5.73 Å². The van der Waals surface area contributed by atoms with E-state index in [4.69, 9.17) is 5.73 Å².